The molecule has 6 heteroatoms. The average molecular weight is 438 g/mol. The van der Waals surface area contributed by atoms with Crippen molar-refractivity contribution < 1.29 is 19.1 Å². The van der Waals surface area contributed by atoms with Crippen LogP contribution in [0.5, 0.6) is 5.75 Å². The maximum Gasteiger partial charge on any atom is 0.331 e. The third-order valence-corrected chi connectivity index (χ3v) is 4.97. The molecule has 0 spiro atoms. The summed E-state index contributed by atoms with van der Waals surface area (Å²) in [6.07, 6.45) is 4.78. The van der Waals surface area contributed by atoms with Crippen LogP contribution < -0.4 is 4.74 Å². The van der Waals surface area contributed by atoms with E-state index in [0.717, 1.165) is 22.6 Å². The van der Waals surface area contributed by atoms with Crippen LogP contribution in [0.2, 0.25) is 0 Å². The molecule has 0 aliphatic rings. The average Bonchev–Trinajstić information content (AvgIpc) is 3.31. The van der Waals surface area contributed by atoms with Gasteiger partial charge in [0.2, 0.25) is 0 Å². The summed E-state index contributed by atoms with van der Waals surface area (Å²) < 4.78 is 12.1. The van der Waals surface area contributed by atoms with Crippen LogP contribution >= 0.6 is 0 Å². The molecule has 0 saturated carbocycles. The van der Waals surface area contributed by atoms with E-state index in [2.05, 4.69) is 0 Å². The number of Topliss-reactive ketones (excluding diaryl/α,β-unsaturated/α-hetero) is 1. The minimum atomic E-state index is -0.604. The van der Waals surface area contributed by atoms with Crippen LogP contribution in [0, 0.1) is 0 Å². The molecule has 6 nitrogen and oxygen atoms in total. The predicted octanol–water partition coefficient (Wildman–Crippen LogP) is 4.99. The van der Waals surface area contributed by atoms with Gasteiger partial charge in [0.15, 0.2) is 12.4 Å². The molecular weight excluding hydrogens is 416 g/mol. The molecule has 0 atom stereocenters. The van der Waals surface area contributed by atoms with Gasteiger partial charge in [-0.3, -0.25) is 4.79 Å². The highest BCUT2D eigenvalue weighted by Crippen LogP contribution is 2.26. The summed E-state index contributed by atoms with van der Waals surface area (Å²) in [5.41, 5.74) is 3.70. The van der Waals surface area contributed by atoms with Crippen molar-refractivity contribution in [1.82, 2.24) is 9.78 Å². The normalized spacial score (nSPS) is 10.8. The number of carbonyl (C=O) groups is 2. The van der Waals surface area contributed by atoms with Crippen molar-refractivity contribution in [3.05, 3.63) is 108 Å². The van der Waals surface area contributed by atoms with Gasteiger partial charge in [-0.2, -0.15) is 5.10 Å². The second-order valence-corrected chi connectivity index (χ2v) is 7.17. The van der Waals surface area contributed by atoms with Gasteiger partial charge in [-0.05, 0) is 42.5 Å². The molecule has 0 aliphatic heterocycles. The van der Waals surface area contributed by atoms with Crippen LogP contribution in [0.25, 0.3) is 23.0 Å². The number of esters is 1. The molecule has 33 heavy (non-hydrogen) atoms. The number of benzene rings is 3. The number of hydrogen-bond donors (Lipinski definition) is 0. The van der Waals surface area contributed by atoms with Crippen LogP contribution in [-0.4, -0.2) is 35.2 Å². The summed E-state index contributed by atoms with van der Waals surface area (Å²) in [6, 6.07) is 25.9. The standard InChI is InChI=1S/C27H22N2O4/c1-32-24-15-12-21(13-16-24)27-22(18-29(28-27)23-10-6-3-7-11-23)14-17-26(31)33-19-25(30)20-8-4-2-5-9-20/h2-18H,19H2,1H3/b17-14+. The minimum absolute atomic E-state index is 0.256. The molecule has 0 bridgehead atoms. The van der Waals surface area contributed by atoms with Crippen molar-refractivity contribution in [2.45, 2.75) is 0 Å². The quantitative estimate of drug-likeness (QED) is 0.220. The smallest absolute Gasteiger partial charge is 0.331 e. The van der Waals surface area contributed by atoms with Crippen LogP contribution in [-0.2, 0) is 9.53 Å². The fourth-order valence-electron chi connectivity index (χ4n) is 3.25. The Morgan fingerprint density at radius 1 is 0.909 bits per heavy atom. The number of carbonyl (C=O) groups excluding carboxylic acids is 2. The van der Waals surface area contributed by atoms with Gasteiger partial charge >= 0.3 is 5.97 Å². The van der Waals surface area contributed by atoms with Gasteiger partial charge in [0.05, 0.1) is 18.5 Å². The Morgan fingerprint density at radius 3 is 2.24 bits per heavy atom. The monoisotopic (exact) mass is 438 g/mol. The molecule has 3 aromatic carbocycles. The van der Waals surface area contributed by atoms with Gasteiger partial charge in [-0.1, -0.05) is 48.5 Å². The summed E-state index contributed by atoms with van der Waals surface area (Å²) in [7, 11) is 1.61. The lowest BCUT2D eigenvalue weighted by atomic mass is 10.1. The van der Waals surface area contributed by atoms with Crippen LogP contribution in [0.1, 0.15) is 15.9 Å². The number of ketones is 1. The topological polar surface area (TPSA) is 70.4 Å². The van der Waals surface area contributed by atoms with Gasteiger partial charge in [0.25, 0.3) is 0 Å². The van der Waals surface area contributed by atoms with E-state index in [1.54, 1.807) is 42.1 Å². The lowest BCUT2D eigenvalue weighted by Crippen LogP contribution is -2.12. The third kappa shape index (κ3) is 5.43. The highest BCUT2D eigenvalue weighted by atomic mass is 16.5. The predicted molar refractivity (Wildman–Crippen MR) is 126 cm³/mol. The highest BCUT2D eigenvalue weighted by Gasteiger charge is 2.12. The molecule has 1 aromatic heterocycles. The molecule has 0 unspecified atom stereocenters. The Morgan fingerprint density at radius 2 is 1.58 bits per heavy atom. The summed E-state index contributed by atoms with van der Waals surface area (Å²) in [5.74, 6) is -0.120. The number of para-hydroxylation sites is 1. The van der Waals surface area contributed by atoms with E-state index >= 15 is 0 Å². The van der Waals surface area contributed by atoms with Crippen molar-refractivity contribution in [3.63, 3.8) is 0 Å². The summed E-state index contributed by atoms with van der Waals surface area (Å²) in [5, 5.41) is 4.72. The van der Waals surface area contributed by atoms with Gasteiger partial charge in [-0.15, -0.1) is 0 Å². The Balaban J connectivity index is 1.54. The Labute approximate surface area is 191 Å². The summed E-state index contributed by atoms with van der Waals surface area (Å²) in [6.45, 7) is -0.318. The fraction of sp³-hybridized carbons (Fsp3) is 0.0741. The van der Waals surface area contributed by atoms with Crippen molar-refractivity contribution in [3.8, 4) is 22.7 Å². The van der Waals surface area contributed by atoms with E-state index in [1.807, 2.05) is 66.9 Å². The number of ether oxygens (including phenoxy) is 2. The van der Waals surface area contributed by atoms with Gasteiger partial charge in [0.1, 0.15) is 5.75 Å². The molecule has 164 valence electrons. The lowest BCUT2D eigenvalue weighted by Gasteiger charge is -2.03. The number of aromatic nitrogens is 2. The molecule has 1 heterocycles. The SMILES string of the molecule is COc1ccc(-c2nn(-c3ccccc3)cc2/C=C/C(=O)OCC(=O)c2ccccc2)cc1. The van der Waals surface area contributed by atoms with Crippen LogP contribution in [0.4, 0.5) is 0 Å². The molecule has 4 aromatic rings. The minimum Gasteiger partial charge on any atom is -0.497 e. The number of hydrogen-bond acceptors (Lipinski definition) is 5. The molecule has 0 fully saturated rings. The zero-order valence-electron chi connectivity index (χ0n) is 18.0. The lowest BCUT2D eigenvalue weighted by molar-refractivity contribution is -0.136. The molecule has 0 amide bonds. The largest absolute Gasteiger partial charge is 0.497 e. The van der Waals surface area contributed by atoms with Crippen molar-refractivity contribution in [2.24, 2.45) is 0 Å². The van der Waals surface area contributed by atoms with Gasteiger partial charge < -0.3 is 9.47 Å². The third-order valence-electron chi connectivity index (χ3n) is 4.97. The molecular formula is C27H22N2O4. The first-order valence-corrected chi connectivity index (χ1v) is 10.4. The van der Waals surface area contributed by atoms with E-state index in [0.29, 0.717) is 11.3 Å². The zero-order chi connectivity index (χ0) is 23.0. The van der Waals surface area contributed by atoms with E-state index in [9.17, 15) is 9.59 Å². The highest BCUT2D eigenvalue weighted by molar-refractivity contribution is 5.99. The number of rotatable bonds is 8. The summed E-state index contributed by atoms with van der Waals surface area (Å²) in [4.78, 5) is 24.4. The fourth-order valence-corrected chi connectivity index (χ4v) is 3.25. The molecule has 0 aliphatic carbocycles. The first-order valence-electron chi connectivity index (χ1n) is 10.4. The molecule has 0 saturated heterocycles. The molecule has 0 radical (unpaired) electrons. The van der Waals surface area contributed by atoms with Crippen LogP contribution in [0.15, 0.2) is 97.2 Å². The second kappa shape index (κ2) is 10.2. The second-order valence-electron chi connectivity index (χ2n) is 7.17. The van der Waals surface area contributed by atoms with Gasteiger partial charge in [0, 0.05) is 29.0 Å². The van der Waals surface area contributed by atoms with Crippen molar-refractivity contribution >= 4 is 17.8 Å². The Bertz CT molecular complexity index is 1260. The Kier molecular flexibility index (Phi) is 6.75. The summed E-state index contributed by atoms with van der Waals surface area (Å²) >= 11 is 0. The molecule has 4 rings (SSSR count). The van der Waals surface area contributed by atoms with E-state index < -0.39 is 5.97 Å². The van der Waals surface area contributed by atoms with E-state index in [1.165, 1.54) is 6.08 Å². The Hall–Kier alpha value is -4.45. The van der Waals surface area contributed by atoms with E-state index in [4.69, 9.17) is 14.6 Å². The maximum atomic E-state index is 12.3. The number of nitrogens with zero attached hydrogens (tertiary/aromatic N) is 2. The molecule has 0 N–H and O–H groups in total. The number of methoxy groups -OCH3 is 1. The maximum absolute atomic E-state index is 12.3. The van der Waals surface area contributed by atoms with Crippen molar-refractivity contribution in [1.29, 1.82) is 0 Å². The first-order chi connectivity index (χ1) is 16.1. The first kappa shape index (κ1) is 21.8. The van der Waals surface area contributed by atoms with Gasteiger partial charge in [-0.25, -0.2) is 9.48 Å². The zero-order valence-corrected chi connectivity index (χ0v) is 18.0. The van der Waals surface area contributed by atoms with E-state index in [-0.39, 0.29) is 12.4 Å². The van der Waals surface area contributed by atoms with Crippen molar-refractivity contribution in [2.75, 3.05) is 13.7 Å². The van der Waals surface area contributed by atoms with Crippen LogP contribution in [0.3, 0.4) is 0 Å².